The Labute approximate surface area is 187 Å². The Morgan fingerprint density at radius 2 is 1.97 bits per heavy atom. The highest BCUT2D eigenvalue weighted by Crippen LogP contribution is 2.28. The van der Waals surface area contributed by atoms with E-state index in [0.29, 0.717) is 18.3 Å². The summed E-state index contributed by atoms with van der Waals surface area (Å²) in [6.07, 6.45) is 5.82. The van der Waals surface area contributed by atoms with Crippen LogP contribution in [0.15, 0.2) is 41.4 Å². The number of hydrogen-bond acceptors (Lipinski definition) is 6. The van der Waals surface area contributed by atoms with Crippen LogP contribution in [-0.2, 0) is 10.0 Å². The maximum Gasteiger partial charge on any atom is 0.339 e. The van der Waals surface area contributed by atoms with Gasteiger partial charge in [-0.1, -0.05) is 6.07 Å². The number of likely N-dealkylation sites (tertiary alicyclic amines) is 1. The number of hydrogen-bond donors (Lipinski definition) is 2. The molecular formula is C22H27FN4O4S. The highest BCUT2D eigenvalue weighted by Gasteiger charge is 2.27. The fourth-order valence-corrected chi connectivity index (χ4v) is 5.57. The summed E-state index contributed by atoms with van der Waals surface area (Å²) in [5.41, 5.74) is -0.0488. The first-order chi connectivity index (χ1) is 15.3. The van der Waals surface area contributed by atoms with Gasteiger partial charge in [-0.25, -0.2) is 22.6 Å². The molecule has 0 bridgehead atoms. The maximum absolute atomic E-state index is 13.4. The first kappa shape index (κ1) is 22.5. The van der Waals surface area contributed by atoms with E-state index in [1.807, 2.05) is 4.90 Å². The van der Waals surface area contributed by atoms with Gasteiger partial charge < -0.3 is 14.9 Å². The van der Waals surface area contributed by atoms with Crippen LogP contribution in [-0.4, -0.2) is 62.1 Å². The minimum atomic E-state index is -4.08. The second kappa shape index (κ2) is 9.41. The zero-order valence-corrected chi connectivity index (χ0v) is 18.5. The lowest BCUT2D eigenvalue weighted by atomic mass is 9.97. The van der Waals surface area contributed by atoms with Crippen LogP contribution in [0.1, 0.15) is 36.0 Å². The number of rotatable bonds is 7. The lowest BCUT2D eigenvalue weighted by Gasteiger charge is -2.36. The van der Waals surface area contributed by atoms with E-state index in [2.05, 4.69) is 14.6 Å². The molecule has 2 aliphatic rings. The molecule has 2 aromatic rings. The molecule has 0 unspecified atom stereocenters. The van der Waals surface area contributed by atoms with Gasteiger partial charge in [0.25, 0.3) is 10.0 Å². The van der Waals surface area contributed by atoms with Crippen molar-refractivity contribution >= 4 is 27.5 Å². The van der Waals surface area contributed by atoms with E-state index in [0.717, 1.165) is 51.2 Å². The van der Waals surface area contributed by atoms with Crippen molar-refractivity contribution in [1.82, 2.24) is 9.88 Å². The van der Waals surface area contributed by atoms with E-state index in [-0.39, 0.29) is 16.1 Å². The molecule has 0 amide bonds. The van der Waals surface area contributed by atoms with Crippen LogP contribution in [0.25, 0.3) is 0 Å². The molecule has 32 heavy (non-hydrogen) atoms. The van der Waals surface area contributed by atoms with Gasteiger partial charge in [-0.3, -0.25) is 4.72 Å². The zero-order valence-electron chi connectivity index (χ0n) is 17.7. The van der Waals surface area contributed by atoms with Crippen LogP contribution in [0, 0.1) is 11.7 Å². The topological polar surface area (TPSA) is 103 Å². The fraction of sp³-hybridized carbons (Fsp3) is 0.455. The number of aromatic nitrogens is 1. The van der Waals surface area contributed by atoms with Gasteiger partial charge in [-0.15, -0.1) is 0 Å². The first-order valence-electron chi connectivity index (χ1n) is 10.8. The van der Waals surface area contributed by atoms with Crippen molar-refractivity contribution in [2.75, 3.05) is 42.3 Å². The van der Waals surface area contributed by atoms with Crippen molar-refractivity contribution in [1.29, 1.82) is 0 Å². The molecule has 10 heteroatoms. The Kier molecular flexibility index (Phi) is 6.61. The summed E-state index contributed by atoms with van der Waals surface area (Å²) in [5.74, 6) is -1.07. The smallest absolute Gasteiger partial charge is 0.339 e. The highest BCUT2D eigenvalue weighted by molar-refractivity contribution is 7.92. The number of carboxylic acid groups (broad SMARTS) is 1. The molecule has 4 rings (SSSR count). The van der Waals surface area contributed by atoms with E-state index >= 15 is 0 Å². The van der Waals surface area contributed by atoms with E-state index in [1.165, 1.54) is 37.2 Å². The Morgan fingerprint density at radius 1 is 1.19 bits per heavy atom. The molecule has 2 aliphatic heterocycles. The second-order valence-corrected chi connectivity index (χ2v) is 10.1. The minimum absolute atomic E-state index is 0.0148. The molecule has 172 valence electrons. The quantitative estimate of drug-likeness (QED) is 0.652. The van der Waals surface area contributed by atoms with Gasteiger partial charge in [0.2, 0.25) is 0 Å². The van der Waals surface area contributed by atoms with E-state index < -0.39 is 21.8 Å². The van der Waals surface area contributed by atoms with Crippen molar-refractivity contribution in [2.45, 2.75) is 30.6 Å². The average molecular weight is 463 g/mol. The van der Waals surface area contributed by atoms with E-state index in [1.54, 1.807) is 0 Å². The van der Waals surface area contributed by atoms with Gasteiger partial charge in [0, 0.05) is 19.6 Å². The second-order valence-electron chi connectivity index (χ2n) is 8.43. The molecule has 0 saturated carbocycles. The third kappa shape index (κ3) is 5.18. The number of piperidine rings is 1. The number of halogens is 1. The zero-order chi connectivity index (χ0) is 22.7. The number of carbonyl (C=O) groups is 1. The molecule has 2 saturated heterocycles. The van der Waals surface area contributed by atoms with Gasteiger partial charge >= 0.3 is 5.97 Å². The van der Waals surface area contributed by atoms with Crippen LogP contribution < -0.4 is 9.62 Å². The van der Waals surface area contributed by atoms with Gasteiger partial charge in [0.1, 0.15) is 17.2 Å². The molecule has 0 spiro atoms. The summed E-state index contributed by atoms with van der Waals surface area (Å²) in [6.45, 7) is 4.67. The molecule has 8 nitrogen and oxygen atoms in total. The maximum atomic E-state index is 13.4. The summed E-state index contributed by atoms with van der Waals surface area (Å²) < 4.78 is 40.9. The summed E-state index contributed by atoms with van der Waals surface area (Å²) in [4.78, 5) is 20.5. The predicted molar refractivity (Wildman–Crippen MR) is 119 cm³/mol. The summed E-state index contributed by atoms with van der Waals surface area (Å²) >= 11 is 0. The minimum Gasteiger partial charge on any atom is -0.478 e. The van der Waals surface area contributed by atoms with Crippen molar-refractivity contribution in [3.8, 4) is 0 Å². The number of nitrogens with one attached hydrogen (secondary N) is 1. The molecule has 0 aliphatic carbocycles. The predicted octanol–water partition coefficient (Wildman–Crippen LogP) is 3.03. The van der Waals surface area contributed by atoms with Crippen LogP contribution in [0.5, 0.6) is 0 Å². The monoisotopic (exact) mass is 462 g/mol. The summed E-state index contributed by atoms with van der Waals surface area (Å²) in [6, 6.07) is 5.87. The Bertz CT molecular complexity index is 1090. The highest BCUT2D eigenvalue weighted by atomic mass is 32.2. The third-order valence-corrected chi connectivity index (χ3v) is 7.37. The molecule has 2 fully saturated rings. The van der Waals surface area contributed by atoms with Gasteiger partial charge in [0.05, 0.1) is 16.8 Å². The first-order valence-corrected chi connectivity index (χ1v) is 12.3. The number of anilines is 2. The average Bonchev–Trinajstić information content (AvgIpc) is 3.26. The molecule has 1 aromatic heterocycles. The number of carboxylic acids is 1. The number of sulfonamides is 1. The van der Waals surface area contributed by atoms with Crippen LogP contribution in [0.2, 0.25) is 0 Å². The Hall–Kier alpha value is -2.72. The lowest BCUT2D eigenvalue weighted by molar-refractivity contribution is 0.0697. The largest absolute Gasteiger partial charge is 0.478 e. The fourth-order valence-electron chi connectivity index (χ4n) is 4.51. The number of aromatic carboxylic acids is 1. The van der Waals surface area contributed by atoms with Crippen molar-refractivity contribution in [3.63, 3.8) is 0 Å². The van der Waals surface area contributed by atoms with Crippen molar-refractivity contribution in [3.05, 3.63) is 47.9 Å². The SMILES string of the molecule is O=C(O)c1cc(NS(=O)(=O)c2cccc(F)c2)cnc1N1CCC[C@H](CN2CCCC2)C1. The summed E-state index contributed by atoms with van der Waals surface area (Å²) in [5, 5.41) is 9.77. The molecule has 0 radical (unpaired) electrons. The number of pyridine rings is 1. The normalized spacial score (nSPS) is 19.8. The van der Waals surface area contributed by atoms with Gasteiger partial charge in [-0.05, 0) is 69.0 Å². The molecular weight excluding hydrogens is 435 g/mol. The van der Waals surface area contributed by atoms with Crippen molar-refractivity contribution < 1.29 is 22.7 Å². The van der Waals surface area contributed by atoms with Crippen molar-refractivity contribution in [2.24, 2.45) is 5.92 Å². The Balaban J connectivity index is 1.53. The molecule has 1 atom stereocenters. The molecule has 2 N–H and O–H groups in total. The van der Waals surface area contributed by atoms with Crippen LogP contribution in [0.3, 0.4) is 0 Å². The lowest BCUT2D eigenvalue weighted by Crippen LogP contribution is -2.41. The van der Waals surface area contributed by atoms with Gasteiger partial charge in [-0.2, -0.15) is 0 Å². The molecule has 1 aromatic carbocycles. The van der Waals surface area contributed by atoms with Crippen LogP contribution in [0.4, 0.5) is 15.9 Å². The number of benzene rings is 1. The van der Waals surface area contributed by atoms with Gasteiger partial charge in [0.15, 0.2) is 0 Å². The Morgan fingerprint density at radius 3 is 2.69 bits per heavy atom. The van der Waals surface area contributed by atoms with E-state index in [4.69, 9.17) is 0 Å². The number of nitrogens with zero attached hydrogens (tertiary/aromatic N) is 3. The van der Waals surface area contributed by atoms with E-state index in [9.17, 15) is 22.7 Å². The standard InChI is InChI=1S/C22H27FN4O4S/c23-17-6-3-7-19(11-17)32(30,31)25-18-12-20(22(28)29)21(24-13-18)27-10-4-5-16(15-27)14-26-8-1-2-9-26/h3,6-7,11-13,16,25H,1-2,4-5,8-10,14-15H2,(H,28,29)/t16-/m1/s1. The summed E-state index contributed by atoms with van der Waals surface area (Å²) in [7, 11) is -4.08. The molecule has 3 heterocycles. The van der Waals surface area contributed by atoms with Crippen LogP contribution >= 0.6 is 0 Å². The third-order valence-electron chi connectivity index (χ3n) is 5.99.